The SMILES string of the molecule is Cn1nnc(CNC2(C)CC2)n1. The average molecular weight is 167 g/mol. The van der Waals surface area contributed by atoms with Crippen molar-refractivity contribution >= 4 is 0 Å². The Balaban J connectivity index is 1.87. The fraction of sp³-hybridized carbons (Fsp3) is 0.857. The second-order valence-corrected chi connectivity index (χ2v) is 3.61. The highest BCUT2D eigenvalue weighted by atomic mass is 15.6. The number of nitrogens with zero attached hydrogens (tertiary/aromatic N) is 4. The Hall–Kier alpha value is -0.970. The predicted octanol–water partition coefficient (Wildman–Crippen LogP) is -0.148. The zero-order chi connectivity index (χ0) is 8.60. The highest BCUT2D eigenvalue weighted by molar-refractivity contribution is 4.98. The Morgan fingerprint density at radius 2 is 2.33 bits per heavy atom. The second-order valence-electron chi connectivity index (χ2n) is 3.61. The van der Waals surface area contributed by atoms with E-state index >= 15 is 0 Å². The van der Waals surface area contributed by atoms with Gasteiger partial charge in [-0.25, -0.2) is 0 Å². The van der Waals surface area contributed by atoms with Gasteiger partial charge in [-0.05, 0) is 25.0 Å². The fourth-order valence-corrected chi connectivity index (χ4v) is 1.05. The predicted molar refractivity (Wildman–Crippen MR) is 43.3 cm³/mol. The van der Waals surface area contributed by atoms with Crippen LogP contribution in [0.5, 0.6) is 0 Å². The molecule has 66 valence electrons. The van der Waals surface area contributed by atoms with E-state index in [4.69, 9.17) is 0 Å². The fourth-order valence-electron chi connectivity index (χ4n) is 1.05. The molecule has 1 heterocycles. The van der Waals surface area contributed by atoms with Gasteiger partial charge in [0.25, 0.3) is 0 Å². The van der Waals surface area contributed by atoms with Gasteiger partial charge in [0.05, 0.1) is 13.6 Å². The van der Waals surface area contributed by atoms with E-state index < -0.39 is 0 Å². The van der Waals surface area contributed by atoms with Crippen LogP contribution in [0, 0.1) is 0 Å². The van der Waals surface area contributed by atoms with Crippen molar-refractivity contribution in [1.29, 1.82) is 0 Å². The number of hydrogen-bond acceptors (Lipinski definition) is 4. The topological polar surface area (TPSA) is 55.6 Å². The molecule has 0 aliphatic heterocycles. The monoisotopic (exact) mass is 167 g/mol. The summed E-state index contributed by atoms with van der Waals surface area (Å²) in [7, 11) is 1.77. The van der Waals surface area contributed by atoms with E-state index in [1.165, 1.54) is 17.6 Å². The second kappa shape index (κ2) is 2.52. The number of hydrogen-bond donors (Lipinski definition) is 1. The van der Waals surface area contributed by atoms with Crippen molar-refractivity contribution in [3.8, 4) is 0 Å². The number of rotatable bonds is 3. The van der Waals surface area contributed by atoms with Crippen molar-refractivity contribution in [2.75, 3.05) is 0 Å². The lowest BCUT2D eigenvalue weighted by Gasteiger charge is -2.07. The quantitative estimate of drug-likeness (QED) is 0.680. The molecule has 0 bridgehead atoms. The standard InChI is InChI=1S/C7H13N5/c1-7(3-4-7)8-5-6-9-11-12(2)10-6/h8H,3-5H2,1-2H3. The molecule has 0 aromatic carbocycles. The summed E-state index contributed by atoms with van der Waals surface area (Å²) in [6.07, 6.45) is 2.51. The zero-order valence-electron chi connectivity index (χ0n) is 7.41. The molecule has 1 aromatic rings. The summed E-state index contributed by atoms with van der Waals surface area (Å²) in [4.78, 5) is 1.48. The van der Waals surface area contributed by atoms with Gasteiger partial charge in [0, 0.05) is 5.54 Å². The maximum atomic E-state index is 4.07. The van der Waals surface area contributed by atoms with Crippen molar-refractivity contribution in [2.24, 2.45) is 7.05 Å². The van der Waals surface area contributed by atoms with E-state index in [9.17, 15) is 0 Å². The molecule has 1 aliphatic rings. The molecule has 1 aliphatic carbocycles. The first-order chi connectivity index (χ1) is 5.68. The average Bonchev–Trinajstić information content (AvgIpc) is 2.60. The van der Waals surface area contributed by atoms with Crippen LogP contribution in [-0.2, 0) is 13.6 Å². The van der Waals surface area contributed by atoms with Gasteiger partial charge in [0.2, 0.25) is 0 Å². The molecular formula is C7H13N5. The molecule has 0 saturated heterocycles. The summed E-state index contributed by atoms with van der Waals surface area (Å²) >= 11 is 0. The van der Waals surface area contributed by atoms with Gasteiger partial charge in [-0.1, -0.05) is 0 Å². The molecule has 2 rings (SSSR count). The number of aromatic nitrogens is 4. The van der Waals surface area contributed by atoms with Crippen molar-refractivity contribution in [3.05, 3.63) is 5.82 Å². The normalized spacial score (nSPS) is 19.5. The van der Waals surface area contributed by atoms with E-state index in [1.807, 2.05) is 0 Å². The van der Waals surface area contributed by atoms with Crippen LogP contribution in [0.4, 0.5) is 0 Å². The molecule has 1 aromatic heterocycles. The summed E-state index contributed by atoms with van der Waals surface area (Å²) in [5.41, 5.74) is 0.346. The molecule has 1 N–H and O–H groups in total. The van der Waals surface area contributed by atoms with Crippen LogP contribution in [-0.4, -0.2) is 25.7 Å². The Morgan fingerprint density at radius 3 is 2.83 bits per heavy atom. The maximum Gasteiger partial charge on any atom is 0.188 e. The Labute approximate surface area is 71.1 Å². The lowest BCUT2D eigenvalue weighted by molar-refractivity contribution is 0.523. The van der Waals surface area contributed by atoms with Crippen molar-refractivity contribution in [2.45, 2.75) is 31.8 Å². The van der Waals surface area contributed by atoms with Crippen LogP contribution in [0.2, 0.25) is 0 Å². The van der Waals surface area contributed by atoms with Crippen LogP contribution in [0.25, 0.3) is 0 Å². The molecule has 1 fully saturated rings. The van der Waals surface area contributed by atoms with Gasteiger partial charge in [0.1, 0.15) is 0 Å². The van der Waals surface area contributed by atoms with Gasteiger partial charge in [-0.3, -0.25) is 0 Å². The maximum absolute atomic E-state index is 4.07. The summed E-state index contributed by atoms with van der Waals surface area (Å²) in [6.45, 7) is 2.94. The molecule has 0 amide bonds. The highest BCUT2D eigenvalue weighted by Crippen LogP contribution is 2.34. The van der Waals surface area contributed by atoms with Crippen LogP contribution >= 0.6 is 0 Å². The summed E-state index contributed by atoms with van der Waals surface area (Å²) < 4.78 is 0. The summed E-state index contributed by atoms with van der Waals surface area (Å²) in [6, 6.07) is 0. The van der Waals surface area contributed by atoms with E-state index in [2.05, 4.69) is 27.7 Å². The minimum atomic E-state index is 0.346. The minimum Gasteiger partial charge on any atom is -0.304 e. The lowest BCUT2D eigenvalue weighted by Crippen LogP contribution is -2.27. The number of nitrogens with one attached hydrogen (secondary N) is 1. The molecule has 0 atom stereocenters. The Morgan fingerprint density at radius 1 is 1.58 bits per heavy atom. The number of aryl methyl sites for hydroxylation is 1. The van der Waals surface area contributed by atoms with Gasteiger partial charge >= 0.3 is 0 Å². The third-order valence-corrected chi connectivity index (χ3v) is 2.22. The third-order valence-electron chi connectivity index (χ3n) is 2.22. The first kappa shape index (κ1) is 7.67. The molecule has 0 spiro atoms. The molecule has 1 saturated carbocycles. The van der Waals surface area contributed by atoms with Crippen LogP contribution in [0.15, 0.2) is 0 Å². The Kier molecular flexibility index (Phi) is 1.61. The minimum absolute atomic E-state index is 0.346. The smallest absolute Gasteiger partial charge is 0.188 e. The third kappa shape index (κ3) is 1.61. The van der Waals surface area contributed by atoms with Crippen molar-refractivity contribution < 1.29 is 0 Å². The molecule has 5 nitrogen and oxygen atoms in total. The van der Waals surface area contributed by atoms with Gasteiger partial charge in [-0.15, -0.1) is 10.2 Å². The van der Waals surface area contributed by atoms with Gasteiger partial charge in [0.15, 0.2) is 5.82 Å². The lowest BCUT2D eigenvalue weighted by atomic mass is 10.3. The van der Waals surface area contributed by atoms with E-state index in [-0.39, 0.29) is 0 Å². The molecule has 5 heteroatoms. The largest absolute Gasteiger partial charge is 0.304 e. The van der Waals surface area contributed by atoms with Crippen LogP contribution in [0.3, 0.4) is 0 Å². The van der Waals surface area contributed by atoms with Gasteiger partial charge in [-0.2, -0.15) is 4.80 Å². The molecule has 0 radical (unpaired) electrons. The van der Waals surface area contributed by atoms with Crippen LogP contribution < -0.4 is 5.32 Å². The van der Waals surface area contributed by atoms with E-state index in [0.717, 1.165) is 12.4 Å². The Bertz CT molecular complexity index is 275. The van der Waals surface area contributed by atoms with Crippen molar-refractivity contribution in [1.82, 2.24) is 25.5 Å². The first-order valence-electron chi connectivity index (χ1n) is 4.16. The molecule has 0 unspecified atom stereocenters. The summed E-state index contributed by atoms with van der Waals surface area (Å²) in [5, 5.41) is 15.1. The van der Waals surface area contributed by atoms with E-state index in [1.54, 1.807) is 7.05 Å². The molecular weight excluding hydrogens is 154 g/mol. The first-order valence-corrected chi connectivity index (χ1v) is 4.16. The number of tetrazole rings is 1. The van der Waals surface area contributed by atoms with E-state index in [0.29, 0.717) is 5.54 Å². The summed E-state index contributed by atoms with van der Waals surface area (Å²) in [5.74, 6) is 0.769. The zero-order valence-corrected chi connectivity index (χ0v) is 7.41. The van der Waals surface area contributed by atoms with Crippen LogP contribution in [0.1, 0.15) is 25.6 Å². The van der Waals surface area contributed by atoms with Gasteiger partial charge < -0.3 is 5.32 Å². The highest BCUT2D eigenvalue weighted by Gasteiger charge is 2.36. The molecule has 12 heavy (non-hydrogen) atoms. The van der Waals surface area contributed by atoms with Crippen molar-refractivity contribution in [3.63, 3.8) is 0 Å².